The molecule has 1 aliphatic carbocycles. The Morgan fingerprint density at radius 3 is 2.38 bits per heavy atom. The molecule has 2 atom stereocenters. The number of H-pyrrole nitrogens is 1. The van der Waals surface area contributed by atoms with Crippen LogP contribution in [-0.2, 0) is 11.7 Å². The van der Waals surface area contributed by atoms with E-state index in [-0.39, 0.29) is 17.4 Å². The van der Waals surface area contributed by atoms with Gasteiger partial charge in [0.1, 0.15) is 0 Å². The van der Waals surface area contributed by atoms with Crippen molar-refractivity contribution in [1.82, 2.24) is 15.5 Å². The van der Waals surface area contributed by atoms with Gasteiger partial charge in [0, 0.05) is 24.7 Å². The number of nitrogens with zero attached hydrogens (tertiary/aromatic N) is 1. The van der Waals surface area contributed by atoms with Crippen molar-refractivity contribution in [2.75, 3.05) is 13.1 Å². The number of piperidine rings is 1. The van der Waals surface area contributed by atoms with E-state index in [4.69, 9.17) is 5.73 Å². The van der Waals surface area contributed by atoms with E-state index in [0.717, 1.165) is 55.7 Å². The first kappa shape index (κ1) is 17.5. The highest BCUT2D eigenvalue weighted by Gasteiger charge is 2.37. The number of alkyl halides is 3. The van der Waals surface area contributed by atoms with E-state index in [1.165, 1.54) is 12.1 Å². The third-order valence-corrected chi connectivity index (χ3v) is 5.85. The summed E-state index contributed by atoms with van der Waals surface area (Å²) >= 11 is 0. The number of nitrogens with one attached hydrogen (secondary N) is 2. The molecule has 4 rings (SSSR count). The van der Waals surface area contributed by atoms with Crippen LogP contribution in [0.4, 0.5) is 13.2 Å². The van der Waals surface area contributed by atoms with Crippen LogP contribution < -0.4 is 11.1 Å². The van der Waals surface area contributed by atoms with E-state index >= 15 is 0 Å². The maximum absolute atomic E-state index is 12.7. The average molecular weight is 364 g/mol. The maximum Gasteiger partial charge on any atom is 0.416 e. The monoisotopic (exact) mass is 364 g/mol. The molecule has 1 saturated carbocycles. The number of hydrogen-bond acceptors (Lipinski definition) is 3. The SMILES string of the molecule is NC1(c2cc(C3CNCC(c4ccc(C(F)(F)F)cc4)C3)[nH]n2)CCC1. The molecule has 1 aromatic heterocycles. The van der Waals surface area contributed by atoms with E-state index in [2.05, 4.69) is 21.6 Å². The number of aromatic amines is 1. The van der Waals surface area contributed by atoms with Gasteiger partial charge in [0.25, 0.3) is 0 Å². The number of halogens is 3. The van der Waals surface area contributed by atoms with Crippen molar-refractivity contribution in [3.05, 3.63) is 52.8 Å². The minimum absolute atomic E-state index is 0.179. The molecular weight excluding hydrogens is 341 g/mol. The summed E-state index contributed by atoms with van der Waals surface area (Å²) in [5, 5.41) is 11.0. The second-order valence-corrected chi connectivity index (χ2v) is 7.63. The molecule has 2 unspecified atom stereocenters. The Morgan fingerprint density at radius 2 is 1.77 bits per heavy atom. The molecule has 26 heavy (non-hydrogen) atoms. The second-order valence-electron chi connectivity index (χ2n) is 7.63. The molecule has 2 heterocycles. The minimum atomic E-state index is -4.29. The Labute approximate surface area is 150 Å². The summed E-state index contributed by atoms with van der Waals surface area (Å²) in [5.74, 6) is 0.430. The number of benzene rings is 1. The van der Waals surface area contributed by atoms with Crippen LogP contribution in [0.2, 0.25) is 0 Å². The van der Waals surface area contributed by atoms with Gasteiger partial charge in [-0.15, -0.1) is 0 Å². The van der Waals surface area contributed by atoms with Crippen molar-refractivity contribution in [2.24, 2.45) is 5.73 Å². The smallest absolute Gasteiger partial charge is 0.320 e. The summed E-state index contributed by atoms with van der Waals surface area (Å²) < 4.78 is 38.2. The van der Waals surface area contributed by atoms with Crippen LogP contribution in [0.15, 0.2) is 30.3 Å². The quantitative estimate of drug-likeness (QED) is 0.779. The van der Waals surface area contributed by atoms with E-state index in [0.29, 0.717) is 0 Å². The lowest BCUT2D eigenvalue weighted by molar-refractivity contribution is -0.137. The number of hydrogen-bond donors (Lipinski definition) is 3. The fourth-order valence-corrected chi connectivity index (χ4v) is 3.99. The Hall–Kier alpha value is -1.86. The zero-order valence-corrected chi connectivity index (χ0v) is 14.4. The first-order valence-corrected chi connectivity index (χ1v) is 9.08. The number of nitrogens with two attached hydrogens (primary N) is 1. The van der Waals surface area contributed by atoms with Crippen LogP contribution in [-0.4, -0.2) is 23.3 Å². The molecule has 1 aliphatic heterocycles. The summed E-state index contributed by atoms with van der Waals surface area (Å²) in [6, 6.07) is 7.60. The summed E-state index contributed by atoms with van der Waals surface area (Å²) in [6.45, 7) is 1.60. The van der Waals surface area contributed by atoms with Crippen LogP contribution in [0, 0.1) is 0 Å². The van der Waals surface area contributed by atoms with Gasteiger partial charge >= 0.3 is 6.18 Å². The van der Waals surface area contributed by atoms with Gasteiger partial charge in [-0.3, -0.25) is 5.10 Å². The van der Waals surface area contributed by atoms with Gasteiger partial charge in [0.05, 0.1) is 16.8 Å². The fraction of sp³-hybridized carbons (Fsp3) is 0.526. The predicted molar refractivity (Wildman–Crippen MR) is 92.7 cm³/mol. The van der Waals surface area contributed by atoms with Gasteiger partial charge in [-0.05, 0) is 55.4 Å². The minimum Gasteiger partial charge on any atom is -0.320 e. The first-order valence-electron chi connectivity index (χ1n) is 9.08. The molecule has 0 spiro atoms. The Morgan fingerprint density at radius 1 is 1.08 bits per heavy atom. The van der Waals surface area contributed by atoms with Crippen LogP contribution in [0.3, 0.4) is 0 Å². The average Bonchev–Trinajstić information content (AvgIpc) is 3.10. The topological polar surface area (TPSA) is 66.7 Å². The lowest BCUT2D eigenvalue weighted by Gasteiger charge is -2.36. The largest absolute Gasteiger partial charge is 0.416 e. The summed E-state index contributed by atoms with van der Waals surface area (Å²) in [4.78, 5) is 0. The van der Waals surface area contributed by atoms with Gasteiger partial charge in [0.15, 0.2) is 0 Å². The molecule has 0 amide bonds. The highest BCUT2D eigenvalue weighted by atomic mass is 19.4. The lowest BCUT2D eigenvalue weighted by atomic mass is 9.75. The predicted octanol–water partition coefficient (Wildman–Crippen LogP) is 3.63. The zero-order valence-electron chi connectivity index (χ0n) is 14.4. The van der Waals surface area contributed by atoms with Gasteiger partial charge in [0.2, 0.25) is 0 Å². The van der Waals surface area contributed by atoms with Crippen molar-refractivity contribution in [3.8, 4) is 0 Å². The molecule has 4 nitrogen and oxygen atoms in total. The summed E-state index contributed by atoms with van der Waals surface area (Å²) in [6.07, 6.45) is -0.349. The van der Waals surface area contributed by atoms with Gasteiger partial charge < -0.3 is 11.1 Å². The highest BCUT2D eigenvalue weighted by Crippen LogP contribution is 2.39. The summed E-state index contributed by atoms with van der Waals surface area (Å²) in [5.41, 5.74) is 8.37. The van der Waals surface area contributed by atoms with Crippen molar-refractivity contribution in [1.29, 1.82) is 0 Å². The first-order chi connectivity index (χ1) is 12.4. The zero-order chi connectivity index (χ0) is 18.4. The molecule has 2 aliphatic rings. The highest BCUT2D eigenvalue weighted by molar-refractivity contribution is 5.29. The Balaban J connectivity index is 1.47. The standard InChI is InChI=1S/C19H23F3N4/c20-19(21,22)15-4-2-12(3-5-15)13-8-14(11-24-10-13)16-9-17(26-25-16)18(23)6-1-7-18/h2-5,9,13-14,24H,1,6-8,10-11,23H2,(H,25,26). The van der Waals surface area contributed by atoms with Gasteiger partial charge in [-0.1, -0.05) is 12.1 Å². The molecule has 2 fully saturated rings. The van der Waals surface area contributed by atoms with Crippen molar-refractivity contribution in [2.45, 2.75) is 49.2 Å². The van der Waals surface area contributed by atoms with Crippen molar-refractivity contribution in [3.63, 3.8) is 0 Å². The van der Waals surface area contributed by atoms with Gasteiger partial charge in [-0.2, -0.15) is 18.3 Å². The molecule has 0 bridgehead atoms. The Bertz CT molecular complexity index is 762. The van der Waals surface area contributed by atoms with Crippen LogP contribution >= 0.6 is 0 Å². The molecule has 1 aromatic carbocycles. The molecule has 2 aromatic rings. The number of aromatic nitrogens is 2. The second kappa shape index (κ2) is 6.39. The molecule has 1 saturated heterocycles. The maximum atomic E-state index is 12.7. The lowest BCUT2D eigenvalue weighted by Crippen LogP contribution is -2.43. The summed E-state index contributed by atoms with van der Waals surface area (Å²) in [7, 11) is 0. The van der Waals surface area contributed by atoms with Crippen LogP contribution in [0.5, 0.6) is 0 Å². The van der Waals surface area contributed by atoms with Crippen molar-refractivity contribution < 1.29 is 13.2 Å². The third kappa shape index (κ3) is 3.25. The van der Waals surface area contributed by atoms with Crippen LogP contribution in [0.25, 0.3) is 0 Å². The molecule has 7 heteroatoms. The molecular formula is C19H23F3N4. The van der Waals surface area contributed by atoms with Gasteiger partial charge in [-0.25, -0.2) is 0 Å². The fourth-order valence-electron chi connectivity index (χ4n) is 3.99. The third-order valence-electron chi connectivity index (χ3n) is 5.85. The van der Waals surface area contributed by atoms with Crippen LogP contribution in [0.1, 0.15) is 60.0 Å². The number of rotatable bonds is 3. The van der Waals surface area contributed by atoms with E-state index in [1.54, 1.807) is 12.1 Å². The van der Waals surface area contributed by atoms with E-state index in [1.807, 2.05) is 0 Å². The van der Waals surface area contributed by atoms with Crippen molar-refractivity contribution >= 4 is 0 Å². The molecule has 4 N–H and O–H groups in total. The van der Waals surface area contributed by atoms with E-state index < -0.39 is 11.7 Å². The Kier molecular flexibility index (Phi) is 4.31. The normalized spacial score (nSPS) is 25.7. The van der Waals surface area contributed by atoms with E-state index in [9.17, 15) is 13.2 Å². The molecule has 0 radical (unpaired) electrons. The molecule has 140 valence electrons.